The van der Waals surface area contributed by atoms with Crippen LogP contribution in [0.5, 0.6) is 0 Å². The van der Waals surface area contributed by atoms with Crippen LogP contribution in [-0.4, -0.2) is 18.3 Å². The van der Waals surface area contributed by atoms with Crippen LogP contribution in [0.2, 0.25) is 0 Å². The van der Waals surface area contributed by atoms with Gasteiger partial charge in [0.15, 0.2) is 5.71 Å². The molecule has 0 unspecified atom stereocenters. The van der Waals surface area contributed by atoms with Crippen molar-refractivity contribution in [1.29, 1.82) is 5.41 Å². The summed E-state index contributed by atoms with van der Waals surface area (Å²) in [6.07, 6.45) is 1.49. The highest BCUT2D eigenvalue weighted by molar-refractivity contribution is 6.41. The minimum Gasteiger partial charge on any atom is -0.461 e. The van der Waals surface area contributed by atoms with E-state index in [1.54, 1.807) is 13.8 Å². The molecule has 0 aliphatic heterocycles. The molecule has 0 aliphatic carbocycles. The van der Waals surface area contributed by atoms with E-state index in [1.807, 2.05) is 0 Å². The molecule has 3 N–H and O–H groups in total. The van der Waals surface area contributed by atoms with E-state index in [4.69, 9.17) is 11.1 Å². The Labute approximate surface area is 65.5 Å². The van der Waals surface area contributed by atoms with Crippen molar-refractivity contribution in [2.75, 3.05) is 6.61 Å². The van der Waals surface area contributed by atoms with Crippen molar-refractivity contribution >= 4 is 11.7 Å². The normalized spacial score (nSPS) is 10.9. The van der Waals surface area contributed by atoms with Crippen LogP contribution in [0.3, 0.4) is 0 Å². The van der Waals surface area contributed by atoms with Crippen LogP contribution < -0.4 is 5.73 Å². The summed E-state index contributed by atoms with van der Waals surface area (Å²) in [5.74, 6) is -0.678. The molecular formula is C7H12N2O2. The molecule has 0 aromatic heterocycles. The highest BCUT2D eigenvalue weighted by Gasteiger charge is 2.11. The zero-order valence-corrected chi connectivity index (χ0v) is 6.68. The van der Waals surface area contributed by atoms with Crippen LogP contribution in [0, 0.1) is 5.41 Å². The van der Waals surface area contributed by atoms with Gasteiger partial charge in [0.05, 0.1) is 12.3 Å². The Morgan fingerprint density at radius 3 is 2.64 bits per heavy atom. The molecule has 0 aromatic rings. The SMILES string of the molecule is C/C=C(/N)C(=N)C(=O)OCC. The predicted octanol–water partition coefficient (Wildman–Crippen LogP) is 0.432. The number of nitrogens with one attached hydrogen (secondary N) is 1. The Bertz CT molecular complexity index is 197. The standard InChI is InChI=1S/C7H12N2O2/c1-3-5(8)6(9)7(10)11-4-2/h3,9H,4,8H2,1-2H3/b5-3+,9-6?. The molecule has 11 heavy (non-hydrogen) atoms. The number of esters is 1. The second-order valence-corrected chi connectivity index (χ2v) is 1.84. The van der Waals surface area contributed by atoms with Gasteiger partial charge in [-0.05, 0) is 13.8 Å². The van der Waals surface area contributed by atoms with Gasteiger partial charge in [0, 0.05) is 0 Å². The molecule has 0 amide bonds. The lowest BCUT2D eigenvalue weighted by atomic mass is 10.3. The van der Waals surface area contributed by atoms with Crippen molar-refractivity contribution < 1.29 is 9.53 Å². The lowest BCUT2D eigenvalue weighted by molar-refractivity contribution is -0.135. The molecule has 0 saturated carbocycles. The topological polar surface area (TPSA) is 76.2 Å². The Morgan fingerprint density at radius 1 is 1.73 bits per heavy atom. The van der Waals surface area contributed by atoms with Crippen LogP contribution in [0.25, 0.3) is 0 Å². The summed E-state index contributed by atoms with van der Waals surface area (Å²) in [7, 11) is 0. The van der Waals surface area contributed by atoms with Crippen molar-refractivity contribution in [1.82, 2.24) is 0 Å². The van der Waals surface area contributed by atoms with Gasteiger partial charge in [0.25, 0.3) is 0 Å². The molecule has 0 rings (SSSR count). The van der Waals surface area contributed by atoms with Crippen LogP contribution in [0.4, 0.5) is 0 Å². The highest BCUT2D eigenvalue weighted by Crippen LogP contribution is 1.90. The molecular weight excluding hydrogens is 144 g/mol. The minimum absolute atomic E-state index is 0.142. The number of carbonyl (C=O) groups excluding carboxylic acids is 1. The van der Waals surface area contributed by atoms with E-state index in [1.165, 1.54) is 6.08 Å². The van der Waals surface area contributed by atoms with E-state index >= 15 is 0 Å². The third-order valence-corrected chi connectivity index (χ3v) is 1.08. The van der Waals surface area contributed by atoms with Crippen molar-refractivity contribution in [2.45, 2.75) is 13.8 Å². The lowest BCUT2D eigenvalue weighted by Gasteiger charge is -2.01. The molecule has 0 radical (unpaired) electrons. The summed E-state index contributed by atoms with van der Waals surface area (Å²) in [6, 6.07) is 0. The van der Waals surface area contributed by atoms with E-state index in [0.717, 1.165) is 0 Å². The van der Waals surface area contributed by atoms with E-state index in [9.17, 15) is 4.79 Å². The number of ether oxygens (including phenoxy) is 1. The molecule has 62 valence electrons. The molecule has 0 aliphatic rings. The molecule has 0 heterocycles. The van der Waals surface area contributed by atoms with E-state index in [-0.39, 0.29) is 18.0 Å². The average Bonchev–Trinajstić information content (AvgIpc) is 2.02. The maximum Gasteiger partial charge on any atom is 0.358 e. The van der Waals surface area contributed by atoms with Gasteiger partial charge in [-0.15, -0.1) is 0 Å². The number of rotatable bonds is 3. The van der Waals surface area contributed by atoms with Gasteiger partial charge in [-0.3, -0.25) is 5.41 Å². The number of nitrogens with two attached hydrogens (primary N) is 1. The predicted molar refractivity (Wildman–Crippen MR) is 42.3 cm³/mol. The smallest absolute Gasteiger partial charge is 0.358 e. The van der Waals surface area contributed by atoms with Crippen LogP contribution in [0.15, 0.2) is 11.8 Å². The maximum absolute atomic E-state index is 10.8. The van der Waals surface area contributed by atoms with Gasteiger partial charge < -0.3 is 10.5 Å². The molecule has 0 bridgehead atoms. The third kappa shape index (κ3) is 2.84. The van der Waals surface area contributed by atoms with E-state index in [2.05, 4.69) is 4.74 Å². The van der Waals surface area contributed by atoms with Crippen LogP contribution >= 0.6 is 0 Å². The summed E-state index contributed by atoms with van der Waals surface area (Å²) in [5, 5.41) is 7.14. The monoisotopic (exact) mass is 156 g/mol. The zero-order chi connectivity index (χ0) is 8.85. The van der Waals surface area contributed by atoms with Crippen molar-refractivity contribution in [3.63, 3.8) is 0 Å². The number of carbonyl (C=O) groups is 1. The molecule has 4 nitrogen and oxygen atoms in total. The maximum atomic E-state index is 10.8. The summed E-state index contributed by atoms with van der Waals surface area (Å²) < 4.78 is 4.54. The second-order valence-electron chi connectivity index (χ2n) is 1.84. The molecule has 0 atom stereocenters. The van der Waals surface area contributed by atoms with Gasteiger partial charge in [-0.1, -0.05) is 6.08 Å². The number of hydrogen-bond donors (Lipinski definition) is 2. The minimum atomic E-state index is -0.678. The van der Waals surface area contributed by atoms with Gasteiger partial charge in [-0.2, -0.15) is 0 Å². The van der Waals surface area contributed by atoms with Crippen molar-refractivity contribution in [2.24, 2.45) is 5.73 Å². The van der Waals surface area contributed by atoms with E-state index in [0.29, 0.717) is 0 Å². The van der Waals surface area contributed by atoms with Gasteiger partial charge in [0.1, 0.15) is 0 Å². The fourth-order valence-corrected chi connectivity index (χ4v) is 0.465. The van der Waals surface area contributed by atoms with E-state index < -0.39 is 5.97 Å². The first-order valence-electron chi connectivity index (χ1n) is 3.31. The first-order chi connectivity index (χ1) is 5.13. The second kappa shape index (κ2) is 4.49. The molecule has 0 fully saturated rings. The third-order valence-electron chi connectivity index (χ3n) is 1.08. The van der Waals surface area contributed by atoms with Crippen LogP contribution in [0.1, 0.15) is 13.8 Å². The lowest BCUT2D eigenvalue weighted by Crippen LogP contribution is -2.22. The Kier molecular flexibility index (Phi) is 3.95. The Morgan fingerprint density at radius 2 is 2.27 bits per heavy atom. The zero-order valence-electron chi connectivity index (χ0n) is 6.68. The van der Waals surface area contributed by atoms with Gasteiger partial charge >= 0.3 is 5.97 Å². The molecule has 0 saturated heterocycles. The molecule has 0 spiro atoms. The van der Waals surface area contributed by atoms with Crippen LogP contribution in [-0.2, 0) is 9.53 Å². The first kappa shape index (κ1) is 9.68. The van der Waals surface area contributed by atoms with Gasteiger partial charge in [-0.25, -0.2) is 4.79 Å². The quantitative estimate of drug-likeness (QED) is 0.459. The Hall–Kier alpha value is -1.32. The number of hydrogen-bond acceptors (Lipinski definition) is 4. The molecule has 4 heteroatoms. The highest BCUT2D eigenvalue weighted by atomic mass is 16.5. The van der Waals surface area contributed by atoms with Crippen molar-refractivity contribution in [3.8, 4) is 0 Å². The summed E-state index contributed by atoms with van der Waals surface area (Å²) in [5.41, 5.74) is 5.14. The summed E-state index contributed by atoms with van der Waals surface area (Å²) in [6.45, 7) is 3.60. The summed E-state index contributed by atoms with van der Waals surface area (Å²) in [4.78, 5) is 10.8. The first-order valence-corrected chi connectivity index (χ1v) is 3.31. The fraction of sp³-hybridized carbons (Fsp3) is 0.429. The number of allylic oxidation sites excluding steroid dienone is 1. The van der Waals surface area contributed by atoms with Crippen molar-refractivity contribution in [3.05, 3.63) is 11.8 Å². The Balaban J connectivity index is 4.15. The largest absolute Gasteiger partial charge is 0.461 e. The summed E-state index contributed by atoms with van der Waals surface area (Å²) >= 11 is 0. The fourth-order valence-electron chi connectivity index (χ4n) is 0.465. The van der Waals surface area contributed by atoms with Gasteiger partial charge in [0.2, 0.25) is 0 Å². The molecule has 0 aromatic carbocycles. The average molecular weight is 156 g/mol.